The standard InChI is InChI=1S/C12H15Br2NO2S/c1-8-5-10(14)11(6-9(8)13)18(16,17)15-7-12(2)3-4-12/h5-6,15H,3-4,7H2,1-2H3. The molecule has 0 aromatic heterocycles. The number of hydrogen-bond donors (Lipinski definition) is 1. The maximum absolute atomic E-state index is 12.2. The molecule has 1 aliphatic rings. The van der Waals surface area contributed by atoms with Crippen molar-refractivity contribution in [3.8, 4) is 0 Å². The van der Waals surface area contributed by atoms with Crippen LogP contribution in [0.25, 0.3) is 0 Å². The van der Waals surface area contributed by atoms with Gasteiger partial charge in [-0.2, -0.15) is 0 Å². The van der Waals surface area contributed by atoms with E-state index in [4.69, 9.17) is 0 Å². The average Bonchev–Trinajstić information content (AvgIpc) is 3.00. The molecule has 1 fully saturated rings. The molecule has 18 heavy (non-hydrogen) atoms. The van der Waals surface area contributed by atoms with Crippen LogP contribution in [0.1, 0.15) is 25.3 Å². The van der Waals surface area contributed by atoms with Crippen molar-refractivity contribution in [3.63, 3.8) is 0 Å². The summed E-state index contributed by atoms with van der Waals surface area (Å²) < 4.78 is 28.5. The number of hydrogen-bond acceptors (Lipinski definition) is 2. The lowest BCUT2D eigenvalue weighted by molar-refractivity contribution is 0.530. The van der Waals surface area contributed by atoms with Crippen molar-refractivity contribution in [1.82, 2.24) is 4.72 Å². The van der Waals surface area contributed by atoms with E-state index >= 15 is 0 Å². The number of nitrogens with one attached hydrogen (secondary N) is 1. The smallest absolute Gasteiger partial charge is 0.211 e. The number of sulfonamides is 1. The Balaban J connectivity index is 2.26. The second-order valence-electron chi connectivity index (χ2n) is 5.17. The molecule has 100 valence electrons. The topological polar surface area (TPSA) is 46.2 Å². The first kappa shape index (κ1) is 14.5. The number of halogens is 2. The lowest BCUT2D eigenvalue weighted by Crippen LogP contribution is -2.29. The van der Waals surface area contributed by atoms with Crippen LogP contribution in [0.4, 0.5) is 0 Å². The van der Waals surface area contributed by atoms with E-state index in [0.717, 1.165) is 22.9 Å². The van der Waals surface area contributed by atoms with Gasteiger partial charge in [0.25, 0.3) is 0 Å². The van der Waals surface area contributed by atoms with Gasteiger partial charge >= 0.3 is 0 Å². The van der Waals surface area contributed by atoms with E-state index in [9.17, 15) is 8.42 Å². The highest BCUT2D eigenvalue weighted by atomic mass is 79.9. The summed E-state index contributed by atoms with van der Waals surface area (Å²) in [5.74, 6) is 0. The summed E-state index contributed by atoms with van der Waals surface area (Å²) >= 11 is 6.68. The van der Waals surface area contributed by atoms with Gasteiger partial charge in [0.2, 0.25) is 10.0 Å². The van der Waals surface area contributed by atoms with Crippen molar-refractivity contribution in [3.05, 3.63) is 26.6 Å². The predicted molar refractivity (Wildman–Crippen MR) is 79.1 cm³/mol. The molecule has 0 aliphatic heterocycles. The lowest BCUT2D eigenvalue weighted by atomic mass is 10.2. The molecule has 3 nitrogen and oxygen atoms in total. The first-order chi connectivity index (χ1) is 8.23. The van der Waals surface area contributed by atoms with Gasteiger partial charge in [-0.1, -0.05) is 22.9 Å². The van der Waals surface area contributed by atoms with Crippen molar-refractivity contribution in [2.45, 2.75) is 31.6 Å². The third-order valence-electron chi connectivity index (χ3n) is 3.30. The second kappa shape index (κ2) is 4.89. The van der Waals surface area contributed by atoms with Crippen LogP contribution in [0.3, 0.4) is 0 Å². The van der Waals surface area contributed by atoms with Gasteiger partial charge in [0.05, 0.1) is 4.90 Å². The summed E-state index contributed by atoms with van der Waals surface area (Å²) in [6.07, 6.45) is 2.18. The molecule has 0 radical (unpaired) electrons. The van der Waals surface area contributed by atoms with Crippen LogP contribution in [0.2, 0.25) is 0 Å². The molecular formula is C12H15Br2NO2S. The van der Waals surface area contributed by atoms with E-state index in [1.54, 1.807) is 12.1 Å². The zero-order valence-corrected chi connectivity index (χ0v) is 14.2. The van der Waals surface area contributed by atoms with Gasteiger partial charge in [0.1, 0.15) is 0 Å². The van der Waals surface area contributed by atoms with Gasteiger partial charge in [0.15, 0.2) is 0 Å². The molecule has 1 aromatic carbocycles. The highest BCUT2D eigenvalue weighted by Gasteiger charge is 2.38. The summed E-state index contributed by atoms with van der Waals surface area (Å²) in [4.78, 5) is 0.282. The molecule has 1 N–H and O–H groups in total. The van der Waals surface area contributed by atoms with Crippen molar-refractivity contribution in [2.24, 2.45) is 5.41 Å². The highest BCUT2D eigenvalue weighted by molar-refractivity contribution is 9.11. The Labute approximate surface area is 125 Å². The van der Waals surface area contributed by atoms with Crippen LogP contribution in [0.5, 0.6) is 0 Å². The number of rotatable bonds is 4. The fraction of sp³-hybridized carbons (Fsp3) is 0.500. The van der Waals surface area contributed by atoms with Crippen molar-refractivity contribution >= 4 is 41.9 Å². The minimum atomic E-state index is -3.45. The zero-order chi connectivity index (χ0) is 13.6. The molecule has 0 bridgehead atoms. The Morgan fingerprint density at radius 2 is 1.89 bits per heavy atom. The van der Waals surface area contributed by atoms with Crippen LogP contribution < -0.4 is 4.72 Å². The first-order valence-corrected chi connectivity index (χ1v) is 8.76. The highest BCUT2D eigenvalue weighted by Crippen LogP contribution is 2.44. The Morgan fingerprint density at radius 3 is 2.44 bits per heavy atom. The normalized spacial score (nSPS) is 17.8. The molecule has 2 rings (SSSR count). The van der Waals surface area contributed by atoms with E-state index in [1.165, 1.54) is 0 Å². The third kappa shape index (κ3) is 3.15. The minimum Gasteiger partial charge on any atom is -0.211 e. The Kier molecular flexibility index (Phi) is 3.94. The molecule has 1 saturated carbocycles. The van der Waals surface area contributed by atoms with Gasteiger partial charge in [-0.15, -0.1) is 0 Å². The van der Waals surface area contributed by atoms with Gasteiger partial charge < -0.3 is 0 Å². The predicted octanol–water partition coefficient (Wildman–Crippen LogP) is 3.60. The Hall–Kier alpha value is 0.0900. The minimum absolute atomic E-state index is 0.154. The van der Waals surface area contributed by atoms with Gasteiger partial charge in [-0.25, -0.2) is 13.1 Å². The summed E-state index contributed by atoms with van der Waals surface area (Å²) in [5.41, 5.74) is 1.15. The number of benzene rings is 1. The van der Waals surface area contributed by atoms with E-state index in [-0.39, 0.29) is 10.3 Å². The Morgan fingerprint density at radius 1 is 1.28 bits per heavy atom. The molecule has 1 aromatic rings. The molecule has 6 heteroatoms. The summed E-state index contributed by atoms with van der Waals surface area (Å²) in [7, 11) is -3.45. The maximum Gasteiger partial charge on any atom is 0.241 e. The second-order valence-corrected chi connectivity index (χ2v) is 8.61. The van der Waals surface area contributed by atoms with Crippen LogP contribution in [-0.2, 0) is 10.0 Å². The number of aryl methyl sites for hydroxylation is 1. The molecule has 0 heterocycles. The molecule has 0 saturated heterocycles. The molecule has 0 amide bonds. The first-order valence-electron chi connectivity index (χ1n) is 5.69. The molecular weight excluding hydrogens is 382 g/mol. The monoisotopic (exact) mass is 395 g/mol. The van der Waals surface area contributed by atoms with Gasteiger partial charge in [-0.05, 0) is 58.8 Å². The van der Waals surface area contributed by atoms with E-state index in [1.807, 2.05) is 6.92 Å². The maximum atomic E-state index is 12.2. The van der Waals surface area contributed by atoms with Crippen LogP contribution in [-0.4, -0.2) is 15.0 Å². The van der Waals surface area contributed by atoms with Crippen molar-refractivity contribution < 1.29 is 8.42 Å². The van der Waals surface area contributed by atoms with Gasteiger partial charge in [0, 0.05) is 15.5 Å². The van der Waals surface area contributed by atoms with Crippen LogP contribution in [0.15, 0.2) is 26.0 Å². The van der Waals surface area contributed by atoms with Crippen LogP contribution >= 0.6 is 31.9 Å². The van der Waals surface area contributed by atoms with Crippen molar-refractivity contribution in [1.29, 1.82) is 0 Å². The average molecular weight is 397 g/mol. The molecule has 0 spiro atoms. The van der Waals surface area contributed by atoms with E-state index in [0.29, 0.717) is 11.0 Å². The summed E-state index contributed by atoms with van der Waals surface area (Å²) in [5, 5.41) is 0. The SMILES string of the molecule is Cc1cc(Br)c(S(=O)(=O)NCC2(C)CC2)cc1Br. The molecule has 0 atom stereocenters. The third-order valence-corrected chi connectivity index (χ3v) is 6.51. The Bertz CT molecular complexity index is 580. The molecule has 1 aliphatic carbocycles. The quantitative estimate of drug-likeness (QED) is 0.844. The lowest BCUT2D eigenvalue weighted by Gasteiger charge is -2.13. The van der Waals surface area contributed by atoms with E-state index in [2.05, 4.69) is 43.5 Å². The summed E-state index contributed by atoms with van der Waals surface area (Å²) in [6, 6.07) is 3.44. The van der Waals surface area contributed by atoms with E-state index < -0.39 is 10.0 Å². The summed E-state index contributed by atoms with van der Waals surface area (Å²) in [6.45, 7) is 4.52. The fourth-order valence-electron chi connectivity index (χ4n) is 1.57. The van der Waals surface area contributed by atoms with Crippen molar-refractivity contribution in [2.75, 3.05) is 6.54 Å². The fourth-order valence-corrected chi connectivity index (χ4v) is 4.45. The molecule has 0 unspecified atom stereocenters. The van der Waals surface area contributed by atoms with Crippen LogP contribution in [0, 0.1) is 12.3 Å². The largest absolute Gasteiger partial charge is 0.241 e. The van der Waals surface area contributed by atoms with Gasteiger partial charge in [-0.3, -0.25) is 0 Å². The zero-order valence-electron chi connectivity index (χ0n) is 10.3.